The molecule has 0 aromatic rings. The Morgan fingerprint density at radius 3 is 2.81 bits per heavy atom. The smallest absolute Gasteiger partial charge is 0.211 e. The van der Waals surface area contributed by atoms with E-state index >= 15 is 0 Å². The van der Waals surface area contributed by atoms with Crippen LogP contribution >= 0.6 is 0 Å². The fraction of sp³-hybridized carbons (Fsp3) is 0.867. The second-order valence-corrected chi connectivity index (χ2v) is 8.48. The van der Waals surface area contributed by atoms with Crippen LogP contribution in [-0.2, 0) is 14.8 Å². The zero-order valence-corrected chi connectivity index (χ0v) is 13.6. The first-order valence-corrected chi connectivity index (χ1v) is 9.84. The van der Waals surface area contributed by atoms with E-state index in [-0.39, 0.29) is 12.1 Å². The van der Waals surface area contributed by atoms with Gasteiger partial charge in [-0.2, -0.15) is 4.31 Å². The number of morpholine rings is 1. The Kier molecular flexibility index (Phi) is 4.69. The molecule has 1 aliphatic carbocycles. The van der Waals surface area contributed by atoms with Crippen molar-refractivity contribution >= 4 is 10.0 Å². The summed E-state index contributed by atoms with van der Waals surface area (Å²) < 4.78 is 31.4. The third kappa shape index (κ3) is 3.67. The highest BCUT2D eigenvalue weighted by molar-refractivity contribution is 7.88. The van der Waals surface area contributed by atoms with Crippen molar-refractivity contribution in [3.63, 3.8) is 0 Å². The molecular formula is C15H26N2O3S. The molecule has 3 atom stereocenters. The summed E-state index contributed by atoms with van der Waals surface area (Å²) in [5, 5.41) is 0. The molecular weight excluding hydrogens is 288 g/mol. The summed E-state index contributed by atoms with van der Waals surface area (Å²) in [5.74, 6) is 0.725. The van der Waals surface area contributed by atoms with E-state index in [9.17, 15) is 8.42 Å². The van der Waals surface area contributed by atoms with Crippen molar-refractivity contribution in [2.75, 3.05) is 39.0 Å². The Bertz CT molecular complexity index is 491. The summed E-state index contributed by atoms with van der Waals surface area (Å²) in [6.45, 7) is 3.96. The van der Waals surface area contributed by atoms with Gasteiger partial charge in [0.15, 0.2) is 0 Å². The van der Waals surface area contributed by atoms with Gasteiger partial charge >= 0.3 is 0 Å². The lowest BCUT2D eigenvalue weighted by Gasteiger charge is -2.46. The van der Waals surface area contributed by atoms with Gasteiger partial charge in [0.05, 0.1) is 25.0 Å². The topological polar surface area (TPSA) is 49.9 Å². The second kappa shape index (κ2) is 6.36. The fourth-order valence-electron chi connectivity index (χ4n) is 3.87. The standard InChI is InChI=1S/C15H26N2O3S/c1-21(18,19)17-9-10-20-15-7-8-16(12-14(15)17)11-13-5-3-2-4-6-13/h2-3,13-15H,4-12H2,1H3/t13-,14-,15-/m0/s1. The molecule has 0 N–H and O–H groups in total. The lowest BCUT2D eigenvalue weighted by molar-refractivity contribution is -0.0773. The van der Waals surface area contributed by atoms with Crippen molar-refractivity contribution in [3.8, 4) is 0 Å². The number of hydrogen-bond acceptors (Lipinski definition) is 4. The van der Waals surface area contributed by atoms with Gasteiger partial charge in [0, 0.05) is 26.2 Å². The minimum atomic E-state index is -3.14. The number of piperidine rings is 1. The zero-order chi connectivity index (χ0) is 14.9. The second-order valence-electron chi connectivity index (χ2n) is 6.55. The Morgan fingerprint density at radius 1 is 1.24 bits per heavy atom. The molecule has 0 aromatic heterocycles. The van der Waals surface area contributed by atoms with Crippen molar-refractivity contribution < 1.29 is 13.2 Å². The molecule has 0 aromatic carbocycles. The molecule has 0 spiro atoms. The van der Waals surface area contributed by atoms with Gasteiger partial charge in [0.25, 0.3) is 0 Å². The number of hydrogen-bond donors (Lipinski definition) is 0. The van der Waals surface area contributed by atoms with Gasteiger partial charge in [-0.3, -0.25) is 0 Å². The Labute approximate surface area is 128 Å². The van der Waals surface area contributed by atoms with E-state index in [2.05, 4.69) is 17.1 Å². The number of ether oxygens (including phenoxy) is 1. The minimum absolute atomic E-state index is 0.00151. The van der Waals surface area contributed by atoms with E-state index in [1.165, 1.54) is 19.1 Å². The molecule has 2 fully saturated rings. The summed E-state index contributed by atoms with van der Waals surface area (Å²) in [7, 11) is -3.14. The van der Waals surface area contributed by atoms with E-state index in [1.54, 1.807) is 4.31 Å². The predicted molar refractivity (Wildman–Crippen MR) is 82.6 cm³/mol. The number of fused-ring (bicyclic) bond motifs is 1. The van der Waals surface area contributed by atoms with Gasteiger partial charge < -0.3 is 9.64 Å². The largest absolute Gasteiger partial charge is 0.375 e. The molecule has 0 radical (unpaired) electrons. The first-order valence-electron chi connectivity index (χ1n) is 8.00. The van der Waals surface area contributed by atoms with Crippen LogP contribution in [0.4, 0.5) is 0 Å². The number of nitrogens with zero attached hydrogens (tertiary/aromatic N) is 2. The number of rotatable bonds is 3. The molecule has 0 amide bonds. The predicted octanol–water partition coefficient (Wildman–Crippen LogP) is 1.08. The van der Waals surface area contributed by atoms with E-state index in [0.29, 0.717) is 13.2 Å². The van der Waals surface area contributed by atoms with E-state index < -0.39 is 10.0 Å². The van der Waals surface area contributed by atoms with Crippen LogP contribution in [0.25, 0.3) is 0 Å². The van der Waals surface area contributed by atoms with Crippen LogP contribution in [0.3, 0.4) is 0 Å². The van der Waals surface area contributed by atoms with Crippen molar-refractivity contribution in [2.45, 2.75) is 37.8 Å². The fourth-order valence-corrected chi connectivity index (χ4v) is 4.97. The van der Waals surface area contributed by atoms with Gasteiger partial charge in [-0.1, -0.05) is 12.2 Å². The SMILES string of the molecule is CS(=O)(=O)N1CCO[C@H]2CCN(C[C@H]3CC=CCC3)C[C@@H]21. The van der Waals surface area contributed by atoms with Crippen LogP contribution in [0.5, 0.6) is 0 Å². The molecule has 21 heavy (non-hydrogen) atoms. The molecule has 3 rings (SSSR count). The number of sulfonamides is 1. The zero-order valence-electron chi connectivity index (χ0n) is 12.8. The van der Waals surface area contributed by atoms with E-state index in [4.69, 9.17) is 4.74 Å². The van der Waals surface area contributed by atoms with Gasteiger partial charge in [-0.05, 0) is 31.6 Å². The van der Waals surface area contributed by atoms with Gasteiger partial charge in [0.1, 0.15) is 0 Å². The summed E-state index contributed by atoms with van der Waals surface area (Å²) in [6.07, 6.45) is 10.5. The lowest BCUT2D eigenvalue weighted by Crippen LogP contribution is -2.61. The maximum atomic E-state index is 12.0. The first kappa shape index (κ1) is 15.5. The molecule has 5 nitrogen and oxygen atoms in total. The quantitative estimate of drug-likeness (QED) is 0.732. The lowest BCUT2D eigenvalue weighted by atomic mass is 9.92. The van der Waals surface area contributed by atoms with Gasteiger partial charge in [-0.15, -0.1) is 0 Å². The highest BCUT2D eigenvalue weighted by Crippen LogP contribution is 2.27. The van der Waals surface area contributed by atoms with Crippen LogP contribution in [0.1, 0.15) is 25.7 Å². The minimum Gasteiger partial charge on any atom is -0.375 e. The van der Waals surface area contributed by atoms with Crippen LogP contribution in [0.15, 0.2) is 12.2 Å². The average Bonchev–Trinajstić information content (AvgIpc) is 2.46. The van der Waals surface area contributed by atoms with Crippen LogP contribution < -0.4 is 0 Å². The van der Waals surface area contributed by atoms with Crippen molar-refractivity contribution in [1.82, 2.24) is 9.21 Å². The Hall–Kier alpha value is -0.430. The van der Waals surface area contributed by atoms with E-state index in [1.807, 2.05) is 0 Å². The van der Waals surface area contributed by atoms with E-state index in [0.717, 1.165) is 38.4 Å². The highest BCUT2D eigenvalue weighted by Gasteiger charge is 2.41. The average molecular weight is 314 g/mol. The van der Waals surface area contributed by atoms with Crippen LogP contribution in [0, 0.1) is 5.92 Å². The van der Waals surface area contributed by atoms with Crippen molar-refractivity contribution in [1.29, 1.82) is 0 Å². The molecule has 2 heterocycles. The Balaban J connectivity index is 1.64. The molecule has 6 heteroatoms. The first-order chi connectivity index (χ1) is 10.0. The molecule has 0 bridgehead atoms. The summed E-state index contributed by atoms with van der Waals surface area (Å²) in [5.41, 5.74) is 0. The molecule has 120 valence electrons. The molecule has 0 saturated carbocycles. The molecule has 2 saturated heterocycles. The van der Waals surface area contributed by atoms with Crippen LogP contribution in [-0.4, -0.2) is 68.8 Å². The number of likely N-dealkylation sites (tertiary alicyclic amines) is 1. The van der Waals surface area contributed by atoms with Crippen molar-refractivity contribution in [2.24, 2.45) is 5.92 Å². The van der Waals surface area contributed by atoms with Gasteiger partial charge in [-0.25, -0.2) is 8.42 Å². The third-order valence-electron chi connectivity index (χ3n) is 4.94. The summed E-state index contributed by atoms with van der Waals surface area (Å²) in [6, 6.07) is 0.00151. The number of allylic oxidation sites excluding steroid dienone is 2. The maximum absolute atomic E-state index is 12.0. The van der Waals surface area contributed by atoms with Crippen LogP contribution in [0.2, 0.25) is 0 Å². The van der Waals surface area contributed by atoms with Gasteiger partial charge in [0.2, 0.25) is 10.0 Å². The normalized spacial score (nSPS) is 35.6. The highest BCUT2D eigenvalue weighted by atomic mass is 32.2. The molecule has 0 unspecified atom stereocenters. The Morgan fingerprint density at radius 2 is 2.10 bits per heavy atom. The monoisotopic (exact) mass is 314 g/mol. The molecule has 3 aliphatic rings. The maximum Gasteiger partial charge on any atom is 0.211 e. The summed E-state index contributed by atoms with van der Waals surface area (Å²) in [4.78, 5) is 2.44. The molecule has 2 aliphatic heterocycles. The summed E-state index contributed by atoms with van der Waals surface area (Å²) >= 11 is 0. The van der Waals surface area contributed by atoms with Crippen molar-refractivity contribution in [3.05, 3.63) is 12.2 Å². The third-order valence-corrected chi connectivity index (χ3v) is 6.24.